The summed E-state index contributed by atoms with van der Waals surface area (Å²) in [7, 11) is -0.207. The van der Waals surface area contributed by atoms with E-state index in [1.807, 2.05) is 12.1 Å². The van der Waals surface area contributed by atoms with Gasteiger partial charge >= 0.3 is 0 Å². The Labute approximate surface area is 150 Å². The van der Waals surface area contributed by atoms with Crippen molar-refractivity contribution in [3.05, 3.63) is 30.1 Å². The van der Waals surface area contributed by atoms with Crippen molar-refractivity contribution >= 4 is 10.2 Å². The summed E-state index contributed by atoms with van der Waals surface area (Å²) in [5.74, 6) is 0.524. The van der Waals surface area contributed by atoms with Gasteiger partial charge in [-0.2, -0.15) is 17.0 Å². The zero-order chi connectivity index (χ0) is 17.9. The normalized spacial score (nSPS) is 23.7. The van der Waals surface area contributed by atoms with Crippen LogP contribution >= 0.6 is 0 Å². The number of hydrogen-bond acceptors (Lipinski definition) is 5. The first-order chi connectivity index (χ1) is 11.9. The average Bonchev–Trinajstić information content (AvgIpc) is 2.57. The van der Waals surface area contributed by atoms with Crippen LogP contribution in [0.4, 0.5) is 0 Å². The molecular formula is C17H27N3O4S. The first-order valence-electron chi connectivity index (χ1n) is 8.69. The second-order valence-corrected chi connectivity index (χ2v) is 9.29. The van der Waals surface area contributed by atoms with Crippen LogP contribution in [0, 0.1) is 5.92 Å². The van der Waals surface area contributed by atoms with Gasteiger partial charge < -0.3 is 9.47 Å². The van der Waals surface area contributed by atoms with E-state index in [-0.39, 0.29) is 5.60 Å². The Morgan fingerprint density at radius 3 is 2.76 bits per heavy atom. The Morgan fingerprint density at radius 1 is 1.36 bits per heavy atom. The summed E-state index contributed by atoms with van der Waals surface area (Å²) in [5.41, 5.74) is 0.832. The van der Waals surface area contributed by atoms with Crippen LogP contribution in [0.5, 0.6) is 0 Å². The maximum atomic E-state index is 12.1. The Morgan fingerprint density at radius 2 is 2.08 bits per heavy atom. The Balaban J connectivity index is 1.42. The van der Waals surface area contributed by atoms with Crippen molar-refractivity contribution in [3.63, 3.8) is 0 Å². The van der Waals surface area contributed by atoms with Crippen molar-refractivity contribution in [1.82, 2.24) is 13.6 Å². The van der Waals surface area contributed by atoms with Crippen LogP contribution in [-0.2, 0) is 26.3 Å². The van der Waals surface area contributed by atoms with Crippen molar-refractivity contribution in [3.8, 4) is 0 Å². The Kier molecular flexibility index (Phi) is 5.75. The monoisotopic (exact) mass is 369 g/mol. The first kappa shape index (κ1) is 18.7. The van der Waals surface area contributed by atoms with Gasteiger partial charge in [0.15, 0.2) is 0 Å². The predicted octanol–water partition coefficient (Wildman–Crippen LogP) is 1.28. The molecule has 1 spiro atoms. The lowest BCUT2D eigenvalue weighted by molar-refractivity contribution is -0.158. The fourth-order valence-electron chi connectivity index (χ4n) is 3.51. The summed E-state index contributed by atoms with van der Waals surface area (Å²) in [6, 6.07) is 3.91. The minimum absolute atomic E-state index is 0.295. The van der Waals surface area contributed by atoms with Crippen LogP contribution in [0.25, 0.3) is 0 Å². The molecular weight excluding hydrogens is 342 g/mol. The molecule has 1 atom stereocenters. The van der Waals surface area contributed by atoms with Gasteiger partial charge in [-0.1, -0.05) is 0 Å². The van der Waals surface area contributed by atoms with E-state index >= 15 is 0 Å². The van der Waals surface area contributed by atoms with E-state index in [0.717, 1.165) is 24.8 Å². The minimum Gasteiger partial charge on any atom is -0.377 e. The summed E-state index contributed by atoms with van der Waals surface area (Å²) in [4.78, 5) is 3.99. The largest absolute Gasteiger partial charge is 0.377 e. The lowest BCUT2D eigenvalue weighted by Gasteiger charge is -2.52. The molecule has 0 N–H and O–H groups in total. The summed E-state index contributed by atoms with van der Waals surface area (Å²) in [5, 5.41) is 0. The van der Waals surface area contributed by atoms with Gasteiger partial charge in [-0.05, 0) is 42.9 Å². The zero-order valence-corrected chi connectivity index (χ0v) is 15.7. The number of pyridine rings is 1. The molecule has 1 aromatic rings. The van der Waals surface area contributed by atoms with E-state index in [0.29, 0.717) is 38.8 Å². The SMILES string of the molecule is CN(C)S(=O)(=O)N1CC2(CC(CCOCc3ccncc3)CCO2)C1. The van der Waals surface area contributed by atoms with E-state index in [1.54, 1.807) is 26.5 Å². The van der Waals surface area contributed by atoms with Crippen molar-refractivity contribution in [2.24, 2.45) is 5.92 Å². The molecule has 0 saturated carbocycles. The number of rotatable bonds is 7. The molecule has 140 valence electrons. The zero-order valence-electron chi connectivity index (χ0n) is 14.9. The van der Waals surface area contributed by atoms with Crippen LogP contribution in [0.2, 0.25) is 0 Å². The summed E-state index contributed by atoms with van der Waals surface area (Å²) >= 11 is 0. The van der Waals surface area contributed by atoms with Crippen molar-refractivity contribution in [1.29, 1.82) is 0 Å². The Bertz CT molecular complexity index is 660. The molecule has 0 bridgehead atoms. The van der Waals surface area contributed by atoms with Crippen molar-refractivity contribution in [2.75, 3.05) is 40.4 Å². The molecule has 8 heteroatoms. The van der Waals surface area contributed by atoms with Crippen molar-refractivity contribution < 1.29 is 17.9 Å². The number of nitrogens with zero attached hydrogens (tertiary/aromatic N) is 3. The minimum atomic E-state index is -3.33. The highest BCUT2D eigenvalue weighted by atomic mass is 32.2. The molecule has 0 aliphatic carbocycles. The molecule has 0 amide bonds. The Hall–Kier alpha value is -1.06. The highest BCUT2D eigenvalue weighted by Crippen LogP contribution is 2.39. The molecule has 1 aromatic heterocycles. The quantitative estimate of drug-likeness (QED) is 0.677. The van der Waals surface area contributed by atoms with Crippen molar-refractivity contribution in [2.45, 2.75) is 31.5 Å². The second-order valence-electron chi connectivity index (χ2n) is 7.15. The maximum absolute atomic E-state index is 12.1. The van der Waals surface area contributed by atoms with E-state index in [2.05, 4.69) is 4.98 Å². The van der Waals surface area contributed by atoms with Gasteiger partial charge in [-0.25, -0.2) is 0 Å². The van der Waals surface area contributed by atoms with E-state index in [1.165, 1.54) is 8.61 Å². The third-order valence-electron chi connectivity index (χ3n) is 5.00. The molecule has 3 rings (SSSR count). The fourth-order valence-corrected chi connectivity index (χ4v) is 4.76. The van der Waals surface area contributed by atoms with Crippen LogP contribution in [0.15, 0.2) is 24.5 Å². The molecule has 2 fully saturated rings. The van der Waals surface area contributed by atoms with Gasteiger partial charge in [0.1, 0.15) is 0 Å². The maximum Gasteiger partial charge on any atom is 0.281 e. The molecule has 0 radical (unpaired) electrons. The van der Waals surface area contributed by atoms with Gasteiger partial charge in [-0.3, -0.25) is 4.98 Å². The molecule has 25 heavy (non-hydrogen) atoms. The summed E-state index contributed by atoms with van der Waals surface area (Å²) < 4.78 is 38.7. The van der Waals surface area contributed by atoms with Crippen LogP contribution in [0.3, 0.4) is 0 Å². The number of hydrogen-bond donors (Lipinski definition) is 0. The molecule has 7 nitrogen and oxygen atoms in total. The number of ether oxygens (including phenoxy) is 2. The lowest BCUT2D eigenvalue weighted by atomic mass is 9.80. The highest BCUT2D eigenvalue weighted by Gasteiger charge is 2.51. The topological polar surface area (TPSA) is 72.0 Å². The van der Waals surface area contributed by atoms with Gasteiger partial charge in [-0.15, -0.1) is 0 Å². The van der Waals surface area contributed by atoms with Crippen LogP contribution < -0.4 is 0 Å². The summed E-state index contributed by atoms with van der Waals surface area (Å²) in [6.07, 6.45) is 6.44. The molecule has 2 aliphatic heterocycles. The van der Waals surface area contributed by atoms with E-state index in [4.69, 9.17) is 9.47 Å². The molecule has 3 heterocycles. The molecule has 0 aromatic carbocycles. The van der Waals surface area contributed by atoms with Gasteiger partial charge in [0, 0.05) is 52.8 Å². The van der Waals surface area contributed by atoms with Crippen LogP contribution in [-0.4, -0.2) is 68.0 Å². The average molecular weight is 369 g/mol. The fraction of sp³-hybridized carbons (Fsp3) is 0.706. The predicted molar refractivity (Wildman–Crippen MR) is 94.1 cm³/mol. The van der Waals surface area contributed by atoms with Gasteiger partial charge in [0.05, 0.1) is 12.2 Å². The van der Waals surface area contributed by atoms with Crippen LogP contribution in [0.1, 0.15) is 24.8 Å². The molecule has 1 unspecified atom stereocenters. The third-order valence-corrected chi connectivity index (χ3v) is 6.83. The van der Waals surface area contributed by atoms with E-state index < -0.39 is 10.2 Å². The summed E-state index contributed by atoms with van der Waals surface area (Å²) in [6.45, 7) is 2.93. The standard InChI is InChI=1S/C17H27N3O4S/c1-19(2)25(21,22)20-13-17(14-20)11-15(6-10-24-17)5-9-23-12-16-3-7-18-8-4-16/h3-4,7-8,15H,5-6,9-14H2,1-2H3. The smallest absolute Gasteiger partial charge is 0.281 e. The lowest BCUT2D eigenvalue weighted by Crippen LogP contribution is -2.67. The highest BCUT2D eigenvalue weighted by molar-refractivity contribution is 7.86. The molecule has 2 saturated heterocycles. The first-order valence-corrected chi connectivity index (χ1v) is 10.1. The molecule has 2 aliphatic rings. The van der Waals surface area contributed by atoms with Gasteiger partial charge in [0.25, 0.3) is 10.2 Å². The second kappa shape index (κ2) is 7.67. The van der Waals surface area contributed by atoms with E-state index in [9.17, 15) is 8.42 Å². The number of aromatic nitrogens is 1. The third kappa shape index (κ3) is 4.38. The van der Waals surface area contributed by atoms with Gasteiger partial charge in [0.2, 0.25) is 0 Å².